The van der Waals surface area contributed by atoms with Gasteiger partial charge in [0.2, 0.25) is 5.91 Å². The number of benzene rings is 1. The molecular weight excluding hydrogens is 331 g/mol. The first-order valence-electron chi connectivity index (χ1n) is 5.04. The highest BCUT2D eigenvalue weighted by Crippen LogP contribution is 2.26. The summed E-state index contributed by atoms with van der Waals surface area (Å²) in [6, 6.07) is 7.23. The van der Waals surface area contributed by atoms with Gasteiger partial charge < -0.3 is 5.32 Å². The molecule has 0 saturated carbocycles. The highest BCUT2D eigenvalue weighted by molar-refractivity contribution is 9.10. The molecule has 1 N–H and O–H groups in total. The molecule has 0 saturated heterocycles. The van der Waals surface area contributed by atoms with E-state index < -0.39 is 23.9 Å². The number of carbonyl (C=O) groups excluding carboxylic acids is 1. The Bertz CT molecular complexity index is 425. The first-order valence-corrected chi connectivity index (χ1v) is 6.72. The second-order valence-corrected chi connectivity index (χ2v) is 5.88. The van der Waals surface area contributed by atoms with Crippen molar-refractivity contribution < 1.29 is 18.0 Å². The summed E-state index contributed by atoms with van der Waals surface area (Å²) in [6.07, 6.45) is -4.38. The van der Waals surface area contributed by atoms with Gasteiger partial charge in [0.05, 0.1) is 5.25 Å². The predicted molar refractivity (Wildman–Crippen MR) is 68.5 cm³/mol. The smallest absolute Gasteiger partial charge is 0.346 e. The van der Waals surface area contributed by atoms with Crippen LogP contribution in [0.25, 0.3) is 0 Å². The molecule has 1 aromatic carbocycles. The predicted octanol–water partition coefficient (Wildman–Crippen LogP) is 3.61. The minimum absolute atomic E-state index is 0.582. The molecule has 0 aliphatic carbocycles. The van der Waals surface area contributed by atoms with Crippen LogP contribution in [0, 0.1) is 0 Å². The summed E-state index contributed by atoms with van der Waals surface area (Å²) < 4.78 is 36.7. The van der Waals surface area contributed by atoms with Gasteiger partial charge in [0.15, 0.2) is 0 Å². The summed E-state index contributed by atoms with van der Waals surface area (Å²) in [5, 5.41) is 1.28. The Balaban J connectivity index is 2.50. The fourth-order valence-electron chi connectivity index (χ4n) is 1.13. The van der Waals surface area contributed by atoms with Crippen molar-refractivity contribution in [2.75, 3.05) is 6.54 Å². The van der Waals surface area contributed by atoms with Crippen LogP contribution in [-0.2, 0) is 4.79 Å². The number of hydrogen-bond acceptors (Lipinski definition) is 2. The van der Waals surface area contributed by atoms with Gasteiger partial charge in [0, 0.05) is 9.37 Å². The average Bonchev–Trinajstić information content (AvgIpc) is 2.24. The molecule has 1 unspecified atom stereocenters. The molecule has 0 fully saturated rings. The number of amides is 1. The lowest BCUT2D eigenvalue weighted by atomic mass is 10.4. The van der Waals surface area contributed by atoms with Crippen molar-refractivity contribution in [2.24, 2.45) is 0 Å². The van der Waals surface area contributed by atoms with Crippen molar-refractivity contribution in [3.8, 4) is 0 Å². The van der Waals surface area contributed by atoms with Crippen molar-refractivity contribution in [3.05, 3.63) is 28.7 Å². The van der Waals surface area contributed by atoms with E-state index >= 15 is 0 Å². The fourth-order valence-corrected chi connectivity index (χ4v) is 2.63. The van der Waals surface area contributed by atoms with Crippen molar-refractivity contribution in [2.45, 2.75) is 23.2 Å². The molecule has 7 heteroatoms. The lowest BCUT2D eigenvalue weighted by Gasteiger charge is -2.13. The molecule has 0 radical (unpaired) electrons. The molecule has 0 bridgehead atoms. The van der Waals surface area contributed by atoms with Crippen molar-refractivity contribution in [1.82, 2.24) is 5.32 Å². The van der Waals surface area contributed by atoms with E-state index in [2.05, 4.69) is 15.9 Å². The van der Waals surface area contributed by atoms with Crippen LogP contribution in [0.4, 0.5) is 13.2 Å². The number of carbonyl (C=O) groups is 1. The summed E-state index contributed by atoms with van der Waals surface area (Å²) in [7, 11) is 0. The Morgan fingerprint density at radius 3 is 2.72 bits per heavy atom. The van der Waals surface area contributed by atoms with Gasteiger partial charge in [-0.05, 0) is 25.1 Å². The van der Waals surface area contributed by atoms with E-state index in [-0.39, 0.29) is 0 Å². The van der Waals surface area contributed by atoms with Crippen LogP contribution < -0.4 is 5.32 Å². The van der Waals surface area contributed by atoms with Crippen molar-refractivity contribution in [3.63, 3.8) is 0 Å². The Kier molecular flexibility index (Phi) is 5.52. The zero-order valence-electron chi connectivity index (χ0n) is 9.42. The van der Waals surface area contributed by atoms with E-state index in [4.69, 9.17) is 0 Å². The Hall–Kier alpha value is -0.690. The third-order valence-corrected chi connectivity index (χ3v) is 3.53. The summed E-state index contributed by atoms with van der Waals surface area (Å²) in [6.45, 7) is 0.270. The van der Waals surface area contributed by atoms with Crippen molar-refractivity contribution in [1.29, 1.82) is 0 Å². The van der Waals surface area contributed by atoms with E-state index in [1.54, 1.807) is 25.1 Å². The first kappa shape index (κ1) is 15.4. The molecule has 0 aliphatic rings. The normalized spacial score (nSPS) is 13.2. The number of thioether (sulfide) groups is 1. The number of halogens is 4. The molecule has 1 aromatic rings. The zero-order valence-corrected chi connectivity index (χ0v) is 11.8. The van der Waals surface area contributed by atoms with Crippen LogP contribution in [0.1, 0.15) is 6.92 Å². The summed E-state index contributed by atoms with van der Waals surface area (Å²) in [5.74, 6) is -0.627. The highest BCUT2D eigenvalue weighted by Gasteiger charge is 2.28. The first-order chi connectivity index (χ1) is 8.28. The minimum Gasteiger partial charge on any atom is -0.346 e. The van der Waals surface area contributed by atoms with Crippen LogP contribution >= 0.6 is 27.7 Å². The summed E-state index contributed by atoms with van der Waals surface area (Å²) in [4.78, 5) is 12.3. The lowest BCUT2D eigenvalue weighted by molar-refractivity contribution is -0.137. The van der Waals surface area contributed by atoms with E-state index in [1.807, 2.05) is 11.4 Å². The van der Waals surface area contributed by atoms with Crippen LogP contribution in [0.5, 0.6) is 0 Å². The Morgan fingerprint density at radius 2 is 2.17 bits per heavy atom. The van der Waals surface area contributed by atoms with Gasteiger partial charge in [-0.2, -0.15) is 13.2 Å². The molecule has 0 aliphatic heterocycles. The fraction of sp³-hybridized carbons (Fsp3) is 0.364. The molecule has 1 atom stereocenters. The number of rotatable bonds is 4. The largest absolute Gasteiger partial charge is 0.405 e. The van der Waals surface area contributed by atoms with Crippen molar-refractivity contribution >= 4 is 33.6 Å². The molecule has 100 valence electrons. The standard InChI is InChI=1S/C11H11BrF3NOS/c1-7(10(17)16-6-11(13,14)15)18-9-4-2-3-8(12)5-9/h2-5,7H,6H2,1H3,(H,16,17). The van der Waals surface area contributed by atoms with Crippen LogP contribution in [0.2, 0.25) is 0 Å². The molecular formula is C11H11BrF3NOS. The molecule has 0 aromatic heterocycles. The monoisotopic (exact) mass is 341 g/mol. The van der Waals surface area contributed by atoms with E-state index in [9.17, 15) is 18.0 Å². The van der Waals surface area contributed by atoms with Gasteiger partial charge in [-0.15, -0.1) is 11.8 Å². The molecule has 1 rings (SSSR count). The van der Waals surface area contributed by atoms with Crippen LogP contribution in [-0.4, -0.2) is 23.9 Å². The molecule has 0 heterocycles. The Labute approximate surface area is 115 Å². The number of nitrogens with one attached hydrogen (secondary N) is 1. The van der Waals surface area contributed by atoms with Gasteiger partial charge in [-0.3, -0.25) is 4.79 Å². The maximum atomic E-state index is 11.9. The maximum Gasteiger partial charge on any atom is 0.405 e. The highest BCUT2D eigenvalue weighted by atomic mass is 79.9. The van der Waals surface area contributed by atoms with E-state index in [0.717, 1.165) is 9.37 Å². The summed E-state index contributed by atoms with van der Waals surface area (Å²) >= 11 is 4.49. The van der Waals surface area contributed by atoms with E-state index in [0.29, 0.717) is 0 Å². The van der Waals surface area contributed by atoms with E-state index in [1.165, 1.54) is 11.8 Å². The quantitative estimate of drug-likeness (QED) is 0.847. The molecule has 18 heavy (non-hydrogen) atoms. The third-order valence-electron chi connectivity index (χ3n) is 1.94. The average molecular weight is 342 g/mol. The van der Waals surface area contributed by atoms with Crippen LogP contribution in [0.3, 0.4) is 0 Å². The zero-order chi connectivity index (χ0) is 13.8. The third kappa shape index (κ3) is 5.77. The molecule has 1 amide bonds. The molecule has 2 nitrogen and oxygen atoms in total. The SMILES string of the molecule is CC(Sc1cccc(Br)c1)C(=O)NCC(F)(F)F. The number of hydrogen-bond donors (Lipinski definition) is 1. The number of alkyl halides is 3. The summed E-state index contributed by atoms with van der Waals surface area (Å²) in [5.41, 5.74) is 0. The maximum absolute atomic E-state index is 11.9. The van der Waals surface area contributed by atoms with Crippen LogP contribution in [0.15, 0.2) is 33.6 Å². The van der Waals surface area contributed by atoms with Gasteiger partial charge in [-0.25, -0.2) is 0 Å². The van der Waals surface area contributed by atoms with Gasteiger partial charge in [-0.1, -0.05) is 22.0 Å². The second-order valence-electron chi connectivity index (χ2n) is 3.55. The van der Waals surface area contributed by atoms with Gasteiger partial charge in [0.25, 0.3) is 0 Å². The van der Waals surface area contributed by atoms with Gasteiger partial charge in [0.1, 0.15) is 6.54 Å². The topological polar surface area (TPSA) is 29.1 Å². The van der Waals surface area contributed by atoms with Gasteiger partial charge >= 0.3 is 6.18 Å². The Morgan fingerprint density at radius 1 is 1.50 bits per heavy atom. The minimum atomic E-state index is -4.38. The lowest BCUT2D eigenvalue weighted by Crippen LogP contribution is -2.37. The molecule has 0 spiro atoms. The second kappa shape index (κ2) is 6.47.